The molecular weight excluding hydrogens is 340 g/mol. The van der Waals surface area contributed by atoms with Crippen LogP contribution in [0.1, 0.15) is 46.7 Å². The quantitative estimate of drug-likeness (QED) is 0.833. The van der Waals surface area contributed by atoms with Gasteiger partial charge in [-0.05, 0) is 19.8 Å². The Balaban J connectivity index is 1.51. The molecule has 0 unspecified atom stereocenters. The van der Waals surface area contributed by atoms with E-state index in [2.05, 4.69) is 16.9 Å². The fourth-order valence-corrected chi connectivity index (χ4v) is 4.64. The number of oxazole rings is 1. The van der Waals surface area contributed by atoms with E-state index in [1.54, 1.807) is 23.2 Å². The van der Waals surface area contributed by atoms with Crippen LogP contribution in [0, 0.1) is 6.92 Å². The van der Waals surface area contributed by atoms with Crippen LogP contribution in [0.15, 0.2) is 16.2 Å². The van der Waals surface area contributed by atoms with E-state index in [-0.39, 0.29) is 23.9 Å². The molecule has 0 N–H and O–H groups in total. The Hall–Kier alpha value is -2.22. The first-order valence-corrected chi connectivity index (χ1v) is 9.40. The molecule has 2 aromatic heterocycles. The van der Waals surface area contributed by atoms with E-state index in [9.17, 15) is 9.59 Å². The summed E-state index contributed by atoms with van der Waals surface area (Å²) in [5, 5.41) is 3.01. The number of aromatic nitrogens is 2. The first-order valence-electron chi connectivity index (χ1n) is 8.52. The van der Waals surface area contributed by atoms with Crippen molar-refractivity contribution in [3.63, 3.8) is 0 Å². The Kier molecular flexibility index (Phi) is 4.07. The number of hydrogen-bond donors (Lipinski definition) is 0. The van der Waals surface area contributed by atoms with Crippen LogP contribution in [0.4, 0.5) is 0 Å². The molecule has 0 radical (unpaired) electrons. The van der Waals surface area contributed by atoms with Crippen LogP contribution in [0.5, 0.6) is 0 Å². The summed E-state index contributed by atoms with van der Waals surface area (Å²) in [4.78, 5) is 37.5. The minimum Gasteiger partial charge on any atom is -0.448 e. The second-order valence-electron chi connectivity index (χ2n) is 6.49. The molecule has 2 fully saturated rings. The van der Waals surface area contributed by atoms with Crippen LogP contribution in [-0.2, 0) is 17.8 Å². The van der Waals surface area contributed by atoms with Gasteiger partial charge in [0.15, 0.2) is 12.1 Å². The highest BCUT2D eigenvalue weighted by Crippen LogP contribution is 2.34. The molecule has 2 aliphatic heterocycles. The maximum atomic E-state index is 12.7. The number of amides is 2. The number of hydrogen-bond acceptors (Lipinski definition) is 6. The second-order valence-corrected chi connectivity index (χ2v) is 7.43. The maximum absolute atomic E-state index is 12.7. The van der Waals surface area contributed by atoms with E-state index in [1.807, 2.05) is 10.3 Å². The standard InChI is InChI=1S/C17H20N4O3S/c1-3-11-8-25-14(19-11)7-21-12-4-5-20(13(12)6-15(21)22)17(23)16-10(2)24-9-18-16/h8-9,12-13H,3-7H2,1-2H3/t12-,13-/m0/s1. The third-order valence-electron chi connectivity index (χ3n) is 5.09. The van der Waals surface area contributed by atoms with Crippen LogP contribution in [0.3, 0.4) is 0 Å². The average molecular weight is 360 g/mol. The zero-order chi connectivity index (χ0) is 17.6. The van der Waals surface area contributed by atoms with E-state index in [0.29, 0.717) is 31.0 Å². The summed E-state index contributed by atoms with van der Waals surface area (Å²) < 4.78 is 5.15. The zero-order valence-electron chi connectivity index (χ0n) is 14.3. The molecule has 2 saturated heterocycles. The largest absolute Gasteiger partial charge is 0.448 e. The number of rotatable bonds is 4. The molecule has 2 aromatic rings. The van der Waals surface area contributed by atoms with Gasteiger partial charge >= 0.3 is 0 Å². The van der Waals surface area contributed by atoms with Crippen molar-refractivity contribution in [2.75, 3.05) is 6.54 Å². The molecule has 0 saturated carbocycles. The SMILES string of the molecule is CCc1csc(CN2C(=O)C[C@H]3[C@@H]2CCN3C(=O)c2ncoc2C)n1. The predicted octanol–water partition coefficient (Wildman–Crippen LogP) is 2.02. The normalized spacial score (nSPS) is 22.7. The topological polar surface area (TPSA) is 79.5 Å². The summed E-state index contributed by atoms with van der Waals surface area (Å²) in [5.41, 5.74) is 1.41. The van der Waals surface area contributed by atoms with Gasteiger partial charge < -0.3 is 14.2 Å². The number of thiazole rings is 1. The fraction of sp³-hybridized carbons (Fsp3) is 0.529. The summed E-state index contributed by atoms with van der Waals surface area (Å²) >= 11 is 1.60. The van der Waals surface area contributed by atoms with Gasteiger partial charge in [-0.3, -0.25) is 9.59 Å². The highest BCUT2D eigenvalue weighted by atomic mass is 32.1. The van der Waals surface area contributed by atoms with Crippen LogP contribution >= 0.6 is 11.3 Å². The molecule has 4 rings (SSSR count). The van der Waals surface area contributed by atoms with Crippen LogP contribution in [0.2, 0.25) is 0 Å². The maximum Gasteiger partial charge on any atom is 0.276 e. The Morgan fingerprint density at radius 2 is 2.28 bits per heavy atom. The van der Waals surface area contributed by atoms with E-state index in [1.165, 1.54) is 6.39 Å². The summed E-state index contributed by atoms with van der Waals surface area (Å²) in [6, 6.07) is -0.0145. The third kappa shape index (κ3) is 2.74. The summed E-state index contributed by atoms with van der Waals surface area (Å²) in [6.07, 6.45) is 3.36. The van der Waals surface area contributed by atoms with Crippen molar-refractivity contribution in [2.24, 2.45) is 0 Å². The molecule has 0 spiro atoms. The zero-order valence-corrected chi connectivity index (χ0v) is 15.1. The lowest BCUT2D eigenvalue weighted by molar-refractivity contribution is -0.129. The van der Waals surface area contributed by atoms with Gasteiger partial charge in [0.1, 0.15) is 10.8 Å². The van der Waals surface area contributed by atoms with Crippen molar-refractivity contribution in [1.82, 2.24) is 19.8 Å². The van der Waals surface area contributed by atoms with Crippen molar-refractivity contribution < 1.29 is 14.0 Å². The minimum absolute atomic E-state index is 0.0673. The molecule has 2 aliphatic rings. The van der Waals surface area contributed by atoms with Gasteiger partial charge in [-0.1, -0.05) is 6.92 Å². The van der Waals surface area contributed by atoms with Crippen molar-refractivity contribution in [1.29, 1.82) is 0 Å². The van der Waals surface area contributed by atoms with Gasteiger partial charge in [0.2, 0.25) is 5.91 Å². The number of aryl methyl sites for hydroxylation is 2. The van der Waals surface area contributed by atoms with Gasteiger partial charge in [-0.25, -0.2) is 9.97 Å². The number of nitrogens with zero attached hydrogens (tertiary/aromatic N) is 4. The van der Waals surface area contributed by atoms with Crippen LogP contribution in [-0.4, -0.2) is 50.2 Å². The highest BCUT2D eigenvalue weighted by molar-refractivity contribution is 7.09. The van der Waals surface area contributed by atoms with E-state index in [4.69, 9.17) is 4.42 Å². The Morgan fingerprint density at radius 3 is 2.96 bits per heavy atom. The van der Waals surface area contributed by atoms with Crippen molar-refractivity contribution in [3.05, 3.63) is 33.9 Å². The molecular formula is C17H20N4O3S. The minimum atomic E-state index is -0.143. The van der Waals surface area contributed by atoms with E-state index < -0.39 is 0 Å². The molecule has 8 heteroatoms. The average Bonchev–Trinajstić information content (AvgIpc) is 3.34. The van der Waals surface area contributed by atoms with Gasteiger partial charge in [0, 0.05) is 18.3 Å². The molecule has 25 heavy (non-hydrogen) atoms. The predicted molar refractivity (Wildman–Crippen MR) is 91.1 cm³/mol. The number of carbonyl (C=O) groups excluding carboxylic acids is 2. The molecule has 0 aliphatic carbocycles. The van der Waals surface area contributed by atoms with Crippen LogP contribution < -0.4 is 0 Å². The molecule has 2 amide bonds. The highest BCUT2D eigenvalue weighted by Gasteiger charge is 2.49. The van der Waals surface area contributed by atoms with Crippen molar-refractivity contribution >= 4 is 23.2 Å². The number of carbonyl (C=O) groups is 2. The van der Waals surface area contributed by atoms with Gasteiger partial charge in [-0.2, -0.15) is 0 Å². The summed E-state index contributed by atoms with van der Waals surface area (Å²) in [7, 11) is 0. The Morgan fingerprint density at radius 1 is 1.44 bits per heavy atom. The van der Waals surface area contributed by atoms with Crippen molar-refractivity contribution in [3.8, 4) is 0 Å². The fourth-order valence-electron chi connectivity index (χ4n) is 3.76. The Bertz CT molecular complexity index is 814. The molecule has 4 heterocycles. The smallest absolute Gasteiger partial charge is 0.276 e. The van der Waals surface area contributed by atoms with Gasteiger partial charge in [-0.15, -0.1) is 11.3 Å². The molecule has 7 nitrogen and oxygen atoms in total. The van der Waals surface area contributed by atoms with Crippen LogP contribution in [0.25, 0.3) is 0 Å². The summed E-state index contributed by atoms with van der Waals surface area (Å²) in [6.45, 7) is 4.98. The first kappa shape index (κ1) is 16.3. The lowest BCUT2D eigenvalue weighted by Crippen LogP contribution is -2.40. The van der Waals surface area contributed by atoms with Crippen molar-refractivity contribution in [2.45, 2.75) is 51.7 Å². The van der Waals surface area contributed by atoms with E-state index in [0.717, 1.165) is 23.5 Å². The lowest BCUT2D eigenvalue weighted by Gasteiger charge is -2.24. The first-order chi connectivity index (χ1) is 12.1. The van der Waals surface area contributed by atoms with E-state index >= 15 is 0 Å². The molecule has 0 bridgehead atoms. The number of fused-ring (bicyclic) bond motifs is 1. The molecule has 0 aromatic carbocycles. The molecule has 132 valence electrons. The lowest BCUT2D eigenvalue weighted by atomic mass is 10.1. The molecule has 2 atom stereocenters. The Labute approximate surface area is 149 Å². The third-order valence-corrected chi connectivity index (χ3v) is 5.97. The number of likely N-dealkylation sites (tertiary alicyclic amines) is 2. The second kappa shape index (κ2) is 6.25. The van der Waals surface area contributed by atoms with Gasteiger partial charge in [0.05, 0.1) is 24.3 Å². The summed E-state index contributed by atoms with van der Waals surface area (Å²) in [5.74, 6) is 0.470. The monoisotopic (exact) mass is 360 g/mol. The van der Waals surface area contributed by atoms with Gasteiger partial charge in [0.25, 0.3) is 5.91 Å².